The highest BCUT2D eigenvalue weighted by atomic mass is 16.5. The van der Waals surface area contributed by atoms with E-state index >= 15 is 0 Å². The van der Waals surface area contributed by atoms with Crippen molar-refractivity contribution in [3.05, 3.63) is 76.3 Å². The van der Waals surface area contributed by atoms with Crippen LogP contribution >= 0.6 is 0 Å². The molecule has 3 aromatic heterocycles. The van der Waals surface area contributed by atoms with Crippen LogP contribution < -0.4 is 35.8 Å². The van der Waals surface area contributed by atoms with Gasteiger partial charge in [-0.3, -0.25) is 9.69 Å². The van der Waals surface area contributed by atoms with Gasteiger partial charge >= 0.3 is 0 Å². The van der Waals surface area contributed by atoms with Gasteiger partial charge in [-0.05, 0) is 62.1 Å². The van der Waals surface area contributed by atoms with E-state index in [0.29, 0.717) is 31.0 Å². The minimum atomic E-state index is 0.0618. The SMILES string of the molecule is CNc1ccc(N2CCCC(N(Cc3ccnc(OC)c3)Cc3cn4c5c(c(N6CCC(N)C6)ccc5c3=O)OCC4C)C2)cn1. The van der Waals surface area contributed by atoms with Gasteiger partial charge in [0, 0.05) is 87.8 Å². The van der Waals surface area contributed by atoms with Crippen molar-refractivity contribution in [1.82, 2.24) is 19.4 Å². The highest BCUT2D eigenvalue weighted by Crippen LogP contribution is 2.41. The molecule has 46 heavy (non-hydrogen) atoms. The number of nitrogens with two attached hydrogens (primary N) is 1. The number of nitrogens with zero attached hydrogens (tertiary/aromatic N) is 6. The van der Waals surface area contributed by atoms with E-state index in [1.807, 2.05) is 37.5 Å². The van der Waals surface area contributed by atoms with Crippen LogP contribution in [0.4, 0.5) is 17.2 Å². The van der Waals surface area contributed by atoms with Gasteiger partial charge in [-0.2, -0.15) is 0 Å². The van der Waals surface area contributed by atoms with Gasteiger partial charge in [0.15, 0.2) is 11.2 Å². The maximum Gasteiger partial charge on any atom is 0.213 e. The third kappa shape index (κ3) is 5.85. The molecule has 1 aromatic carbocycles. The molecular weight excluding hydrogens is 580 g/mol. The Kier molecular flexibility index (Phi) is 8.44. The lowest BCUT2D eigenvalue weighted by atomic mass is 10.0. The molecule has 3 unspecified atom stereocenters. The average molecular weight is 625 g/mol. The highest BCUT2D eigenvalue weighted by molar-refractivity contribution is 5.92. The number of hydrogen-bond donors (Lipinski definition) is 2. The second kappa shape index (κ2) is 12.8. The normalized spacial score (nSPS) is 21.1. The van der Waals surface area contributed by atoms with Crippen LogP contribution in [0.25, 0.3) is 10.9 Å². The molecular formula is C35H44N8O3. The van der Waals surface area contributed by atoms with Gasteiger partial charge in [0.25, 0.3) is 0 Å². The van der Waals surface area contributed by atoms with Crippen molar-refractivity contribution in [3.63, 3.8) is 0 Å². The third-order valence-electron chi connectivity index (χ3n) is 9.76. The Bertz CT molecular complexity index is 1760. The van der Waals surface area contributed by atoms with Crippen LogP contribution in [0.2, 0.25) is 0 Å². The van der Waals surface area contributed by atoms with E-state index in [0.717, 1.165) is 85.0 Å². The molecule has 3 N–H and O–H groups in total. The predicted octanol–water partition coefficient (Wildman–Crippen LogP) is 4.00. The summed E-state index contributed by atoms with van der Waals surface area (Å²) >= 11 is 0. The van der Waals surface area contributed by atoms with E-state index in [4.69, 9.17) is 15.2 Å². The molecule has 7 rings (SSSR count). The molecule has 242 valence electrons. The van der Waals surface area contributed by atoms with Gasteiger partial charge in [0.1, 0.15) is 12.4 Å². The molecule has 3 aliphatic heterocycles. The second-order valence-corrected chi connectivity index (χ2v) is 12.9. The van der Waals surface area contributed by atoms with Gasteiger partial charge in [0.05, 0.1) is 36.2 Å². The van der Waals surface area contributed by atoms with Crippen LogP contribution in [0.3, 0.4) is 0 Å². The average Bonchev–Trinajstić information content (AvgIpc) is 3.53. The standard InChI is InChI=1S/C35H44N8O3/c1-23-22-46-35-30(41-14-11-26(36)20-41)8-7-29-33(35)43(23)19-25(34(29)44)18-42(17-24-10-12-38-32(15-24)45-3)28-5-4-13-40(21-28)27-6-9-31(37-2)39-16-27/h6-10,12,15-16,19,23,26,28H,4-5,11,13-14,17-18,20-22,36H2,1-3H3,(H,37,39). The van der Waals surface area contributed by atoms with Crippen molar-refractivity contribution in [1.29, 1.82) is 0 Å². The number of piperidine rings is 1. The number of hydrogen-bond acceptors (Lipinski definition) is 10. The lowest BCUT2D eigenvalue weighted by molar-refractivity contribution is 0.157. The number of nitrogens with one attached hydrogen (secondary N) is 1. The van der Waals surface area contributed by atoms with Crippen LogP contribution in [0.1, 0.15) is 43.4 Å². The zero-order chi connectivity index (χ0) is 31.8. The molecule has 0 bridgehead atoms. The van der Waals surface area contributed by atoms with E-state index in [2.05, 4.69) is 59.8 Å². The first-order chi connectivity index (χ1) is 22.4. The number of methoxy groups -OCH3 is 1. The molecule has 11 heteroatoms. The Morgan fingerprint density at radius 1 is 1.09 bits per heavy atom. The van der Waals surface area contributed by atoms with Crippen LogP contribution in [0.5, 0.6) is 11.6 Å². The maximum atomic E-state index is 14.3. The summed E-state index contributed by atoms with van der Waals surface area (Å²) in [5.41, 5.74) is 11.2. The lowest BCUT2D eigenvalue weighted by Gasteiger charge is -2.40. The van der Waals surface area contributed by atoms with Gasteiger partial charge in [-0.25, -0.2) is 9.97 Å². The minimum Gasteiger partial charge on any atom is -0.487 e. The van der Waals surface area contributed by atoms with Crippen molar-refractivity contribution in [2.45, 2.75) is 57.4 Å². The monoisotopic (exact) mass is 624 g/mol. The summed E-state index contributed by atoms with van der Waals surface area (Å²) in [6.45, 7) is 7.42. The summed E-state index contributed by atoms with van der Waals surface area (Å²) < 4.78 is 14.1. The number of pyridine rings is 3. The van der Waals surface area contributed by atoms with Gasteiger partial charge in [-0.1, -0.05) is 0 Å². The summed E-state index contributed by atoms with van der Waals surface area (Å²) in [5.74, 6) is 2.24. The van der Waals surface area contributed by atoms with E-state index in [-0.39, 0.29) is 23.6 Å². The smallest absolute Gasteiger partial charge is 0.213 e. The first kappa shape index (κ1) is 30.3. The van der Waals surface area contributed by atoms with Crippen molar-refractivity contribution >= 4 is 28.1 Å². The number of benzene rings is 1. The minimum absolute atomic E-state index is 0.0618. The number of anilines is 3. The Hall–Kier alpha value is -4.35. The van der Waals surface area contributed by atoms with Gasteiger partial charge < -0.3 is 34.9 Å². The number of aromatic nitrogens is 3. The largest absolute Gasteiger partial charge is 0.487 e. The second-order valence-electron chi connectivity index (χ2n) is 12.9. The summed E-state index contributed by atoms with van der Waals surface area (Å²) in [7, 11) is 3.52. The van der Waals surface area contributed by atoms with E-state index < -0.39 is 0 Å². The fraction of sp³-hybridized carbons (Fsp3) is 0.457. The molecule has 0 saturated carbocycles. The van der Waals surface area contributed by atoms with Crippen LogP contribution in [0.15, 0.2) is 59.8 Å². The summed E-state index contributed by atoms with van der Waals surface area (Å²) in [6.07, 6.45) is 8.86. The lowest BCUT2D eigenvalue weighted by Crippen LogP contribution is -2.48. The fourth-order valence-electron chi connectivity index (χ4n) is 7.24. The third-order valence-corrected chi connectivity index (χ3v) is 9.76. The molecule has 2 fully saturated rings. The molecule has 3 aliphatic rings. The van der Waals surface area contributed by atoms with Crippen molar-refractivity contribution < 1.29 is 9.47 Å². The quantitative estimate of drug-likeness (QED) is 0.283. The Morgan fingerprint density at radius 3 is 2.74 bits per heavy atom. The predicted molar refractivity (Wildman–Crippen MR) is 182 cm³/mol. The zero-order valence-electron chi connectivity index (χ0n) is 27.0. The molecule has 0 aliphatic carbocycles. The molecule has 0 radical (unpaired) electrons. The Balaban J connectivity index is 1.25. The van der Waals surface area contributed by atoms with E-state index in [1.165, 1.54) is 0 Å². The van der Waals surface area contributed by atoms with Crippen molar-refractivity contribution in [3.8, 4) is 11.6 Å². The van der Waals surface area contributed by atoms with Crippen molar-refractivity contribution in [2.75, 3.05) is 62.1 Å². The topological polar surface area (TPSA) is 114 Å². The molecule has 0 amide bonds. The van der Waals surface area contributed by atoms with Crippen LogP contribution in [-0.4, -0.2) is 78.5 Å². The Morgan fingerprint density at radius 2 is 1.98 bits per heavy atom. The zero-order valence-corrected chi connectivity index (χ0v) is 27.0. The summed E-state index contributed by atoms with van der Waals surface area (Å²) in [5, 5.41) is 3.81. The number of rotatable bonds is 9. The van der Waals surface area contributed by atoms with Gasteiger partial charge in [-0.15, -0.1) is 0 Å². The molecule has 4 aromatic rings. The van der Waals surface area contributed by atoms with E-state index in [9.17, 15) is 4.79 Å². The van der Waals surface area contributed by atoms with Gasteiger partial charge in [0.2, 0.25) is 5.88 Å². The molecule has 0 spiro atoms. The first-order valence-electron chi connectivity index (χ1n) is 16.4. The van der Waals surface area contributed by atoms with E-state index in [1.54, 1.807) is 13.3 Å². The highest BCUT2D eigenvalue weighted by Gasteiger charge is 2.31. The molecule has 2 saturated heterocycles. The maximum absolute atomic E-state index is 14.3. The van der Waals surface area contributed by atoms with Crippen LogP contribution in [-0.2, 0) is 13.1 Å². The first-order valence-corrected chi connectivity index (χ1v) is 16.4. The molecule has 11 nitrogen and oxygen atoms in total. The molecule has 3 atom stereocenters. The Labute approximate surface area is 269 Å². The summed E-state index contributed by atoms with van der Waals surface area (Å²) in [6, 6.07) is 12.7. The van der Waals surface area contributed by atoms with Crippen molar-refractivity contribution in [2.24, 2.45) is 5.73 Å². The number of ether oxygens (including phenoxy) is 2. The fourth-order valence-corrected chi connectivity index (χ4v) is 7.24. The molecule has 6 heterocycles. The van der Waals surface area contributed by atoms with Crippen LogP contribution in [0, 0.1) is 0 Å². The summed E-state index contributed by atoms with van der Waals surface area (Å²) in [4.78, 5) is 30.3.